The highest BCUT2D eigenvalue weighted by atomic mass is 32.1. The Morgan fingerprint density at radius 1 is 1.36 bits per heavy atom. The highest BCUT2D eigenvalue weighted by Crippen LogP contribution is 2.35. The summed E-state index contributed by atoms with van der Waals surface area (Å²) in [5.41, 5.74) is -1.50. The first-order chi connectivity index (χ1) is 11.8. The fourth-order valence-corrected chi connectivity index (χ4v) is 3.77. The number of aryl methyl sites for hydroxylation is 1. The highest BCUT2D eigenvalue weighted by Gasteiger charge is 2.47. The van der Waals surface area contributed by atoms with Gasteiger partial charge in [-0.05, 0) is 19.8 Å². The monoisotopic (exact) mass is 362 g/mol. The molecule has 3 rings (SSSR count). The first-order valence-electron chi connectivity index (χ1n) is 7.88. The maximum absolute atomic E-state index is 12.7. The second kappa shape index (κ2) is 6.40. The third-order valence-electron chi connectivity index (χ3n) is 4.67. The zero-order valence-corrected chi connectivity index (χ0v) is 14.7. The number of aromatic amines is 1. The van der Waals surface area contributed by atoms with E-state index in [0.29, 0.717) is 18.5 Å². The van der Waals surface area contributed by atoms with E-state index < -0.39 is 23.0 Å². The van der Waals surface area contributed by atoms with Gasteiger partial charge in [0.05, 0.1) is 5.01 Å². The van der Waals surface area contributed by atoms with Gasteiger partial charge < -0.3 is 15.0 Å². The van der Waals surface area contributed by atoms with E-state index in [1.54, 1.807) is 5.38 Å². The van der Waals surface area contributed by atoms with E-state index in [-0.39, 0.29) is 11.4 Å². The van der Waals surface area contributed by atoms with Gasteiger partial charge in [0.25, 0.3) is 11.5 Å². The molecule has 132 valence electrons. The molecular weight excluding hydrogens is 344 g/mol. The number of hydrogen-bond acceptors (Lipinski definition) is 6. The fraction of sp³-hybridized carbons (Fsp3) is 0.438. The molecular formula is C16H18N4O4S. The largest absolute Gasteiger partial charge is 0.479 e. The molecule has 1 amide bonds. The van der Waals surface area contributed by atoms with Crippen LogP contribution in [0.25, 0.3) is 11.5 Å². The smallest absolute Gasteiger partial charge is 0.329 e. The maximum Gasteiger partial charge on any atom is 0.329 e. The molecule has 25 heavy (non-hydrogen) atoms. The van der Waals surface area contributed by atoms with Crippen LogP contribution in [0.3, 0.4) is 0 Å². The van der Waals surface area contributed by atoms with Crippen LogP contribution in [0.1, 0.15) is 41.0 Å². The van der Waals surface area contributed by atoms with E-state index in [0.717, 1.165) is 17.8 Å². The van der Waals surface area contributed by atoms with E-state index in [1.807, 2.05) is 6.92 Å². The van der Waals surface area contributed by atoms with Crippen molar-refractivity contribution in [2.45, 2.75) is 38.1 Å². The number of carboxylic acid groups (broad SMARTS) is 1. The number of carboxylic acids is 1. The topological polar surface area (TPSA) is 116 Å². The molecule has 2 N–H and O–H groups in total. The Balaban J connectivity index is 1.92. The molecule has 0 saturated heterocycles. The van der Waals surface area contributed by atoms with Gasteiger partial charge in [0.2, 0.25) is 0 Å². The third kappa shape index (κ3) is 2.95. The molecule has 9 heteroatoms. The number of amides is 1. The predicted octanol–water partition coefficient (Wildman–Crippen LogP) is 1.67. The minimum atomic E-state index is -1.26. The molecule has 0 aliphatic heterocycles. The van der Waals surface area contributed by atoms with E-state index in [1.165, 1.54) is 29.5 Å². The Hall–Kier alpha value is -2.55. The van der Waals surface area contributed by atoms with Gasteiger partial charge in [0.1, 0.15) is 16.8 Å². The summed E-state index contributed by atoms with van der Waals surface area (Å²) in [4.78, 5) is 48.8. The van der Waals surface area contributed by atoms with Crippen LogP contribution in [0, 0.1) is 6.92 Å². The Labute approximate surface area is 147 Å². The Morgan fingerprint density at radius 3 is 2.56 bits per heavy atom. The SMILES string of the molecule is Cc1nc(-c2ncc(C(=O)N(C)C3(C(=O)O)CCCC3)c(=O)[nH]2)cs1. The van der Waals surface area contributed by atoms with Crippen molar-refractivity contribution >= 4 is 23.2 Å². The second-order valence-corrected chi connectivity index (χ2v) is 7.20. The maximum atomic E-state index is 12.7. The molecule has 0 radical (unpaired) electrons. The van der Waals surface area contributed by atoms with Crippen LogP contribution in [0.15, 0.2) is 16.4 Å². The molecule has 0 aromatic carbocycles. The zero-order valence-electron chi connectivity index (χ0n) is 13.9. The first-order valence-corrected chi connectivity index (χ1v) is 8.76. The summed E-state index contributed by atoms with van der Waals surface area (Å²) in [6.45, 7) is 1.84. The predicted molar refractivity (Wildman–Crippen MR) is 91.6 cm³/mol. The van der Waals surface area contributed by atoms with Crippen molar-refractivity contribution in [2.75, 3.05) is 7.05 Å². The average molecular weight is 362 g/mol. The molecule has 1 fully saturated rings. The minimum Gasteiger partial charge on any atom is -0.479 e. The molecule has 0 unspecified atom stereocenters. The lowest BCUT2D eigenvalue weighted by Crippen LogP contribution is -2.54. The third-order valence-corrected chi connectivity index (χ3v) is 5.44. The summed E-state index contributed by atoms with van der Waals surface area (Å²) in [6, 6.07) is 0. The van der Waals surface area contributed by atoms with Crippen LogP contribution < -0.4 is 5.56 Å². The van der Waals surface area contributed by atoms with E-state index >= 15 is 0 Å². The quantitative estimate of drug-likeness (QED) is 0.854. The average Bonchev–Trinajstić information content (AvgIpc) is 3.23. The van der Waals surface area contributed by atoms with Crippen LogP contribution in [0.4, 0.5) is 0 Å². The van der Waals surface area contributed by atoms with Gasteiger partial charge in [-0.2, -0.15) is 0 Å². The van der Waals surface area contributed by atoms with Gasteiger partial charge in [0.15, 0.2) is 5.82 Å². The molecule has 2 heterocycles. The van der Waals surface area contributed by atoms with Gasteiger partial charge >= 0.3 is 5.97 Å². The number of hydrogen-bond donors (Lipinski definition) is 2. The minimum absolute atomic E-state index is 0.175. The highest BCUT2D eigenvalue weighted by molar-refractivity contribution is 7.09. The number of H-pyrrole nitrogens is 1. The summed E-state index contributed by atoms with van der Waals surface area (Å²) in [6.07, 6.45) is 3.42. The number of likely N-dealkylation sites (N-methyl/N-ethyl adjacent to an activating group) is 1. The van der Waals surface area contributed by atoms with E-state index in [9.17, 15) is 19.5 Å². The summed E-state index contributed by atoms with van der Waals surface area (Å²) < 4.78 is 0. The molecule has 1 aliphatic rings. The molecule has 0 bridgehead atoms. The van der Waals surface area contributed by atoms with Gasteiger partial charge in [-0.1, -0.05) is 12.8 Å². The second-order valence-electron chi connectivity index (χ2n) is 6.13. The molecule has 8 nitrogen and oxygen atoms in total. The summed E-state index contributed by atoms with van der Waals surface area (Å²) in [7, 11) is 1.43. The Bertz CT molecular complexity index is 882. The number of aliphatic carboxylic acids is 1. The number of rotatable bonds is 4. The van der Waals surface area contributed by atoms with Crippen LogP contribution in [-0.4, -0.2) is 49.4 Å². The lowest BCUT2D eigenvalue weighted by molar-refractivity contribution is -0.148. The van der Waals surface area contributed by atoms with Crippen LogP contribution in [-0.2, 0) is 4.79 Å². The molecule has 2 aromatic rings. The van der Waals surface area contributed by atoms with Crippen LogP contribution in [0.2, 0.25) is 0 Å². The number of nitrogens with one attached hydrogen (secondary N) is 1. The Kier molecular flexibility index (Phi) is 4.42. The van der Waals surface area contributed by atoms with Gasteiger partial charge in [-0.15, -0.1) is 11.3 Å². The van der Waals surface area contributed by atoms with Crippen molar-refractivity contribution in [1.82, 2.24) is 19.9 Å². The van der Waals surface area contributed by atoms with Gasteiger partial charge in [0, 0.05) is 18.6 Å². The van der Waals surface area contributed by atoms with E-state index in [4.69, 9.17) is 0 Å². The van der Waals surface area contributed by atoms with Crippen molar-refractivity contribution in [3.63, 3.8) is 0 Å². The van der Waals surface area contributed by atoms with Crippen LogP contribution >= 0.6 is 11.3 Å². The normalized spacial score (nSPS) is 15.9. The number of aromatic nitrogens is 3. The fourth-order valence-electron chi connectivity index (χ4n) is 3.18. The summed E-state index contributed by atoms with van der Waals surface area (Å²) in [5, 5.41) is 12.2. The number of thiazole rings is 1. The lowest BCUT2D eigenvalue weighted by atomic mass is 9.95. The summed E-state index contributed by atoms with van der Waals surface area (Å²) in [5.74, 6) is -1.40. The molecule has 1 saturated carbocycles. The summed E-state index contributed by atoms with van der Waals surface area (Å²) >= 11 is 1.43. The van der Waals surface area contributed by atoms with Crippen molar-refractivity contribution in [3.8, 4) is 11.5 Å². The van der Waals surface area contributed by atoms with Crippen molar-refractivity contribution in [3.05, 3.63) is 32.5 Å². The molecule has 0 spiro atoms. The molecule has 0 atom stereocenters. The first kappa shape index (κ1) is 17.3. The zero-order chi connectivity index (χ0) is 18.2. The molecule has 2 aromatic heterocycles. The van der Waals surface area contributed by atoms with Gasteiger partial charge in [-0.25, -0.2) is 14.8 Å². The van der Waals surface area contributed by atoms with E-state index in [2.05, 4.69) is 15.0 Å². The Morgan fingerprint density at radius 2 is 2.04 bits per heavy atom. The number of carbonyl (C=O) groups excluding carboxylic acids is 1. The number of carbonyl (C=O) groups is 2. The van der Waals surface area contributed by atoms with Crippen molar-refractivity contribution in [2.24, 2.45) is 0 Å². The number of nitrogens with zero attached hydrogens (tertiary/aromatic N) is 3. The van der Waals surface area contributed by atoms with Gasteiger partial charge in [-0.3, -0.25) is 9.59 Å². The lowest BCUT2D eigenvalue weighted by Gasteiger charge is -2.34. The van der Waals surface area contributed by atoms with Crippen LogP contribution in [0.5, 0.6) is 0 Å². The molecule has 1 aliphatic carbocycles. The van der Waals surface area contributed by atoms with Crippen molar-refractivity contribution in [1.29, 1.82) is 0 Å². The standard InChI is InChI=1S/C16H18N4O4S/c1-9-18-11(8-25-9)12-17-7-10(13(21)19-12)14(22)20(2)16(15(23)24)5-3-4-6-16/h7-8H,3-6H2,1-2H3,(H,23,24)(H,17,19,21). The van der Waals surface area contributed by atoms with Crippen molar-refractivity contribution < 1.29 is 14.7 Å².